The molecule has 1 amide bonds. The minimum absolute atomic E-state index is 0.0585. The summed E-state index contributed by atoms with van der Waals surface area (Å²) in [7, 11) is 0. The number of fused-ring (bicyclic) bond motifs is 1. The highest BCUT2D eigenvalue weighted by Crippen LogP contribution is 2.16. The lowest BCUT2D eigenvalue weighted by Gasteiger charge is -2.08. The smallest absolute Gasteiger partial charge is 0.279 e. The molecule has 3 rings (SSSR count). The lowest BCUT2D eigenvalue weighted by Crippen LogP contribution is -2.24. The van der Waals surface area contributed by atoms with Gasteiger partial charge >= 0.3 is 0 Å². The van der Waals surface area contributed by atoms with Gasteiger partial charge in [-0.3, -0.25) is 9.59 Å². The first-order valence-corrected chi connectivity index (χ1v) is 6.39. The molecule has 7 nitrogen and oxygen atoms in total. The average molecular weight is 291 g/mol. The van der Waals surface area contributed by atoms with Crippen molar-refractivity contribution in [3.8, 4) is 5.69 Å². The topological polar surface area (TPSA) is 101 Å². The molecule has 0 spiro atoms. The molecular weight excluding hydrogens is 282 g/mol. The van der Waals surface area contributed by atoms with Gasteiger partial charge in [-0.1, -0.05) is 36.4 Å². The second kappa shape index (κ2) is 5.51. The van der Waals surface area contributed by atoms with Crippen molar-refractivity contribution < 1.29 is 4.79 Å². The predicted molar refractivity (Wildman–Crippen MR) is 80.8 cm³/mol. The molecule has 0 atom stereocenters. The fourth-order valence-electron chi connectivity index (χ4n) is 2.18. The van der Waals surface area contributed by atoms with Crippen LogP contribution < -0.4 is 5.56 Å². The minimum atomic E-state index is -0.830. The molecule has 0 bridgehead atoms. The summed E-state index contributed by atoms with van der Waals surface area (Å²) in [6.45, 7) is 0. The van der Waals surface area contributed by atoms with E-state index in [4.69, 9.17) is 5.53 Å². The molecule has 106 valence electrons. The molecule has 0 fully saturated rings. The number of hydrogen-bond donors (Lipinski definition) is 0. The zero-order valence-corrected chi connectivity index (χ0v) is 11.2. The van der Waals surface area contributed by atoms with Gasteiger partial charge in [0.1, 0.15) is 5.69 Å². The van der Waals surface area contributed by atoms with Crippen molar-refractivity contribution in [1.82, 2.24) is 9.78 Å². The summed E-state index contributed by atoms with van der Waals surface area (Å²) in [5.41, 5.74) is 8.57. The number of para-hydroxylation sites is 1. The molecule has 0 N–H and O–H groups in total. The van der Waals surface area contributed by atoms with Gasteiger partial charge in [-0.25, -0.2) is 0 Å². The molecule has 0 aliphatic carbocycles. The molecule has 0 unspecified atom stereocenters. The van der Waals surface area contributed by atoms with Crippen LogP contribution in [0.3, 0.4) is 0 Å². The van der Waals surface area contributed by atoms with Gasteiger partial charge < -0.3 is 0 Å². The van der Waals surface area contributed by atoms with E-state index in [1.54, 1.807) is 48.5 Å². The first-order chi connectivity index (χ1) is 10.7. The summed E-state index contributed by atoms with van der Waals surface area (Å²) in [5, 5.41) is 7.84. The highest BCUT2D eigenvalue weighted by Gasteiger charge is 2.16. The summed E-state index contributed by atoms with van der Waals surface area (Å²) in [4.78, 5) is 27.0. The maximum Gasteiger partial charge on any atom is 0.279 e. The molecule has 0 aliphatic rings. The first-order valence-electron chi connectivity index (χ1n) is 6.39. The molecule has 0 saturated carbocycles. The average Bonchev–Trinajstić information content (AvgIpc) is 2.56. The van der Waals surface area contributed by atoms with Gasteiger partial charge in [-0.15, -0.1) is 0 Å². The Bertz CT molecular complexity index is 972. The van der Waals surface area contributed by atoms with Crippen LogP contribution in [0, 0.1) is 0 Å². The van der Waals surface area contributed by atoms with Crippen LogP contribution >= 0.6 is 0 Å². The predicted octanol–water partition coefficient (Wildman–Crippen LogP) is 2.84. The van der Waals surface area contributed by atoms with E-state index in [-0.39, 0.29) is 11.3 Å². The van der Waals surface area contributed by atoms with E-state index in [9.17, 15) is 9.59 Å². The van der Waals surface area contributed by atoms with Crippen molar-refractivity contribution in [1.29, 1.82) is 0 Å². The lowest BCUT2D eigenvalue weighted by atomic mass is 10.1. The van der Waals surface area contributed by atoms with Crippen molar-refractivity contribution in [2.45, 2.75) is 0 Å². The summed E-state index contributed by atoms with van der Waals surface area (Å²) in [5.74, 6) is -0.830. The van der Waals surface area contributed by atoms with Crippen LogP contribution in [0.2, 0.25) is 0 Å². The highest BCUT2D eigenvalue weighted by atomic mass is 16.2. The van der Waals surface area contributed by atoms with Crippen LogP contribution in [-0.2, 0) is 0 Å². The molecule has 1 aromatic heterocycles. The number of aromatic nitrogens is 2. The van der Waals surface area contributed by atoms with E-state index < -0.39 is 5.91 Å². The van der Waals surface area contributed by atoms with E-state index in [1.165, 1.54) is 0 Å². The van der Waals surface area contributed by atoms with Gasteiger partial charge in [0.15, 0.2) is 0 Å². The third-order valence-electron chi connectivity index (χ3n) is 3.14. The maximum atomic E-state index is 12.5. The molecule has 0 radical (unpaired) electrons. The zero-order chi connectivity index (χ0) is 15.5. The van der Waals surface area contributed by atoms with Crippen molar-refractivity contribution >= 4 is 16.7 Å². The Kier molecular flexibility index (Phi) is 3.39. The molecular formula is C15H9N5O2. The molecule has 2 aromatic carbocycles. The third-order valence-corrected chi connectivity index (χ3v) is 3.14. The SMILES string of the molecule is [N-]=[N+]=NC(=O)c1nn(-c2ccccc2)c(=O)c2ccccc12. The summed E-state index contributed by atoms with van der Waals surface area (Å²) >= 11 is 0. The van der Waals surface area contributed by atoms with Gasteiger partial charge in [-0.2, -0.15) is 9.78 Å². The summed E-state index contributed by atoms with van der Waals surface area (Å²) in [6, 6.07) is 15.3. The van der Waals surface area contributed by atoms with E-state index in [0.29, 0.717) is 16.5 Å². The Labute approximate surface area is 124 Å². The van der Waals surface area contributed by atoms with Crippen LogP contribution in [0.25, 0.3) is 26.9 Å². The number of hydrogen-bond acceptors (Lipinski definition) is 3. The van der Waals surface area contributed by atoms with Gasteiger partial charge in [-0.05, 0) is 28.8 Å². The standard InChI is InChI=1S/C15H9N5O2/c16-19-17-14(21)13-11-8-4-5-9-12(11)15(22)20(18-13)10-6-2-1-3-7-10/h1-9H. The number of azide groups is 1. The van der Waals surface area contributed by atoms with Crippen molar-refractivity contribution in [3.63, 3.8) is 0 Å². The molecule has 0 saturated heterocycles. The number of nitrogens with zero attached hydrogens (tertiary/aromatic N) is 5. The molecule has 22 heavy (non-hydrogen) atoms. The van der Waals surface area contributed by atoms with Gasteiger partial charge in [0.25, 0.3) is 11.5 Å². The number of carbonyl (C=O) groups is 1. The maximum absolute atomic E-state index is 12.5. The monoisotopic (exact) mass is 291 g/mol. The molecule has 7 heteroatoms. The van der Waals surface area contributed by atoms with Crippen LogP contribution in [-0.4, -0.2) is 15.7 Å². The lowest BCUT2D eigenvalue weighted by molar-refractivity contribution is 0.0996. The van der Waals surface area contributed by atoms with Crippen LogP contribution in [0.1, 0.15) is 10.5 Å². The van der Waals surface area contributed by atoms with Gasteiger partial charge in [0, 0.05) is 10.3 Å². The fourth-order valence-corrected chi connectivity index (χ4v) is 2.18. The second-order valence-electron chi connectivity index (χ2n) is 4.44. The van der Waals surface area contributed by atoms with E-state index in [1.807, 2.05) is 6.07 Å². The highest BCUT2D eigenvalue weighted by molar-refractivity contribution is 6.05. The zero-order valence-electron chi connectivity index (χ0n) is 11.2. The number of rotatable bonds is 2. The van der Waals surface area contributed by atoms with Gasteiger partial charge in [0.2, 0.25) is 0 Å². The largest absolute Gasteiger partial charge is 0.285 e. The Hall–Kier alpha value is -3.44. The van der Waals surface area contributed by atoms with Gasteiger partial charge in [0.05, 0.1) is 11.1 Å². The minimum Gasteiger partial charge on any atom is -0.285 e. The van der Waals surface area contributed by atoms with Crippen molar-refractivity contribution in [2.75, 3.05) is 0 Å². The Morgan fingerprint density at radius 3 is 2.36 bits per heavy atom. The second-order valence-corrected chi connectivity index (χ2v) is 4.44. The molecule has 3 aromatic rings. The Morgan fingerprint density at radius 2 is 1.68 bits per heavy atom. The number of carbonyl (C=O) groups excluding carboxylic acids is 1. The number of amides is 1. The van der Waals surface area contributed by atoms with E-state index in [2.05, 4.69) is 15.1 Å². The molecule has 0 aliphatic heterocycles. The van der Waals surface area contributed by atoms with E-state index in [0.717, 1.165) is 4.68 Å². The number of benzene rings is 2. The van der Waals surface area contributed by atoms with Crippen molar-refractivity contribution in [3.05, 3.63) is 81.1 Å². The Balaban J connectivity index is 2.40. The fraction of sp³-hybridized carbons (Fsp3) is 0. The van der Waals surface area contributed by atoms with Crippen LogP contribution in [0.4, 0.5) is 0 Å². The summed E-state index contributed by atoms with van der Waals surface area (Å²) < 4.78 is 1.13. The van der Waals surface area contributed by atoms with E-state index >= 15 is 0 Å². The first kappa shape index (κ1) is 13.5. The normalized spacial score (nSPS) is 10.2. The third kappa shape index (κ3) is 2.21. The molecule has 1 heterocycles. The summed E-state index contributed by atoms with van der Waals surface area (Å²) in [6.07, 6.45) is 0. The van der Waals surface area contributed by atoms with Crippen LogP contribution in [0.15, 0.2) is 64.5 Å². The quantitative estimate of drug-likeness (QED) is 0.412. The van der Waals surface area contributed by atoms with Crippen molar-refractivity contribution in [2.24, 2.45) is 5.11 Å². The van der Waals surface area contributed by atoms with Crippen LogP contribution in [0.5, 0.6) is 0 Å². The Morgan fingerprint density at radius 1 is 1.05 bits per heavy atom.